The molecule has 1 heterocycles. The highest BCUT2D eigenvalue weighted by atomic mass is 32.2. The largest absolute Gasteiger partial charge is 0.313 e. The minimum absolute atomic E-state index is 0.473. The van der Waals surface area contributed by atoms with Crippen molar-refractivity contribution < 1.29 is 8.42 Å². The molecule has 7 heteroatoms. The monoisotopic (exact) mass is 246 g/mol. The maximum absolute atomic E-state index is 11.3. The van der Waals surface area contributed by atoms with Gasteiger partial charge in [-0.2, -0.15) is 9.57 Å². The number of nitrogens with two attached hydrogens (primary N) is 1. The quantitative estimate of drug-likeness (QED) is 0.676. The highest BCUT2D eigenvalue weighted by molar-refractivity contribution is 7.88. The fourth-order valence-electron chi connectivity index (χ4n) is 1.72. The summed E-state index contributed by atoms with van der Waals surface area (Å²) in [5.74, 6) is 0. The predicted molar refractivity (Wildman–Crippen MR) is 61.1 cm³/mol. The number of rotatable bonds is 3. The van der Waals surface area contributed by atoms with Gasteiger partial charge in [0, 0.05) is 32.7 Å². The summed E-state index contributed by atoms with van der Waals surface area (Å²) in [6, 6.07) is 2.03. The average molecular weight is 246 g/mol. The summed E-state index contributed by atoms with van der Waals surface area (Å²) >= 11 is 0. The third-order valence-electron chi connectivity index (χ3n) is 2.61. The van der Waals surface area contributed by atoms with E-state index < -0.39 is 15.6 Å². The van der Waals surface area contributed by atoms with Gasteiger partial charge in [0.1, 0.15) is 5.54 Å². The van der Waals surface area contributed by atoms with E-state index >= 15 is 0 Å². The molecule has 16 heavy (non-hydrogen) atoms. The topological polar surface area (TPSA) is 90.4 Å². The summed E-state index contributed by atoms with van der Waals surface area (Å²) in [5, 5.41) is 8.80. The van der Waals surface area contributed by atoms with Crippen molar-refractivity contribution >= 4 is 10.0 Å². The van der Waals surface area contributed by atoms with Gasteiger partial charge in [0.2, 0.25) is 10.0 Å². The number of nitriles is 1. The third kappa shape index (κ3) is 3.72. The maximum atomic E-state index is 11.3. The average Bonchev–Trinajstić information content (AvgIpc) is 2.16. The zero-order valence-corrected chi connectivity index (χ0v) is 10.5. The molecule has 1 rings (SSSR count). The Balaban J connectivity index is 2.48. The molecule has 1 unspecified atom stereocenters. The molecule has 1 fully saturated rings. The summed E-state index contributed by atoms with van der Waals surface area (Å²) < 4.78 is 24.0. The Bertz CT molecular complexity index is 377. The summed E-state index contributed by atoms with van der Waals surface area (Å²) in [7, 11) is -3.09. The lowest BCUT2D eigenvalue weighted by Gasteiger charge is -2.35. The molecule has 1 aliphatic heterocycles. The molecule has 2 N–H and O–H groups in total. The van der Waals surface area contributed by atoms with Crippen LogP contribution in [0.15, 0.2) is 0 Å². The molecule has 0 saturated carbocycles. The van der Waals surface area contributed by atoms with E-state index in [4.69, 9.17) is 11.0 Å². The van der Waals surface area contributed by atoms with Crippen molar-refractivity contribution in [3.05, 3.63) is 0 Å². The van der Waals surface area contributed by atoms with E-state index in [0.717, 1.165) is 0 Å². The highest BCUT2D eigenvalue weighted by Crippen LogP contribution is 2.09. The van der Waals surface area contributed by atoms with Gasteiger partial charge in [-0.25, -0.2) is 8.42 Å². The molecule has 0 radical (unpaired) electrons. The Hall–Kier alpha value is -0.680. The van der Waals surface area contributed by atoms with E-state index in [9.17, 15) is 8.42 Å². The molecule has 6 nitrogen and oxygen atoms in total. The second kappa shape index (κ2) is 4.67. The molecule has 1 aliphatic rings. The molecule has 0 bridgehead atoms. The van der Waals surface area contributed by atoms with E-state index in [1.807, 2.05) is 11.0 Å². The molecule has 0 aromatic carbocycles. The van der Waals surface area contributed by atoms with E-state index in [1.54, 1.807) is 6.92 Å². The number of hydrogen-bond acceptors (Lipinski definition) is 5. The van der Waals surface area contributed by atoms with Crippen LogP contribution < -0.4 is 5.73 Å². The van der Waals surface area contributed by atoms with Gasteiger partial charge in [-0.05, 0) is 6.92 Å². The molecule has 0 aliphatic carbocycles. The van der Waals surface area contributed by atoms with Crippen molar-refractivity contribution in [2.75, 3.05) is 39.0 Å². The van der Waals surface area contributed by atoms with E-state index in [0.29, 0.717) is 32.7 Å². The van der Waals surface area contributed by atoms with E-state index in [2.05, 4.69) is 0 Å². The van der Waals surface area contributed by atoms with Crippen molar-refractivity contribution in [1.82, 2.24) is 9.21 Å². The Morgan fingerprint density at radius 3 is 2.25 bits per heavy atom. The molecule has 1 saturated heterocycles. The summed E-state index contributed by atoms with van der Waals surface area (Å²) in [5.41, 5.74) is 4.86. The van der Waals surface area contributed by atoms with E-state index in [1.165, 1.54) is 10.6 Å². The van der Waals surface area contributed by atoms with Crippen LogP contribution in [-0.2, 0) is 10.0 Å². The molecule has 0 aromatic rings. The van der Waals surface area contributed by atoms with Gasteiger partial charge in [0.25, 0.3) is 0 Å². The lowest BCUT2D eigenvalue weighted by atomic mass is 10.1. The Labute approximate surface area is 96.7 Å². The minimum Gasteiger partial charge on any atom is -0.313 e. The van der Waals surface area contributed by atoms with Crippen LogP contribution in [0.3, 0.4) is 0 Å². The molecule has 0 spiro atoms. The van der Waals surface area contributed by atoms with Gasteiger partial charge < -0.3 is 5.73 Å². The zero-order valence-electron chi connectivity index (χ0n) is 9.68. The second-order valence-corrected chi connectivity index (χ2v) is 6.45. The molecular weight excluding hydrogens is 228 g/mol. The molecule has 92 valence electrons. The lowest BCUT2D eigenvalue weighted by molar-refractivity contribution is 0.171. The highest BCUT2D eigenvalue weighted by Gasteiger charge is 2.27. The summed E-state index contributed by atoms with van der Waals surface area (Å²) in [6.45, 7) is 4.35. The first-order valence-electron chi connectivity index (χ1n) is 5.12. The minimum atomic E-state index is -3.09. The summed E-state index contributed by atoms with van der Waals surface area (Å²) in [4.78, 5) is 2.02. The van der Waals surface area contributed by atoms with Crippen molar-refractivity contribution in [3.63, 3.8) is 0 Å². The molecule has 0 amide bonds. The van der Waals surface area contributed by atoms with Crippen molar-refractivity contribution in [1.29, 1.82) is 5.26 Å². The predicted octanol–water partition coefficient (Wildman–Crippen LogP) is -1.20. The van der Waals surface area contributed by atoms with Crippen molar-refractivity contribution in [2.24, 2.45) is 5.73 Å². The molecule has 0 aromatic heterocycles. The van der Waals surface area contributed by atoms with Gasteiger partial charge in [0.15, 0.2) is 0 Å². The van der Waals surface area contributed by atoms with Gasteiger partial charge in [-0.3, -0.25) is 4.90 Å². The SMILES string of the molecule is CC(N)(C#N)CN1CCN(S(C)(=O)=O)CC1. The first-order valence-corrected chi connectivity index (χ1v) is 6.97. The van der Waals surface area contributed by atoms with Crippen molar-refractivity contribution in [3.8, 4) is 6.07 Å². The smallest absolute Gasteiger partial charge is 0.211 e. The molecule has 1 atom stereocenters. The fourth-order valence-corrected chi connectivity index (χ4v) is 2.55. The normalized spacial score (nSPS) is 23.6. The maximum Gasteiger partial charge on any atom is 0.211 e. The van der Waals surface area contributed by atoms with Crippen molar-refractivity contribution in [2.45, 2.75) is 12.5 Å². The number of piperazine rings is 1. The van der Waals surface area contributed by atoms with Crippen LogP contribution in [0.5, 0.6) is 0 Å². The van der Waals surface area contributed by atoms with E-state index in [-0.39, 0.29) is 0 Å². The van der Waals surface area contributed by atoms with Crippen LogP contribution in [0.1, 0.15) is 6.92 Å². The number of hydrogen-bond donors (Lipinski definition) is 1. The van der Waals surface area contributed by atoms with Crippen LogP contribution in [0.25, 0.3) is 0 Å². The first-order chi connectivity index (χ1) is 7.24. The zero-order chi connectivity index (χ0) is 12.4. The lowest BCUT2D eigenvalue weighted by Crippen LogP contribution is -2.54. The Kier molecular flexibility index (Phi) is 3.91. The van der Waals surface area contributed by atoms with Crippen LogP contribution in [-0.4, -0.2) is 62.1 Å². The fraction of sp³-hybridized carbons (Fsp3) is 0.889. The molecular formula is C9H18N4O2S. The van der Waals surface area contributed by atoms with Gasteiger partial charge in [-0.1, -0.05) is 0 Å². The number of nitrogens with zero attached hydrogens (tertiary/aromatic N) is 3. The Morgan fingerprint density at radius 2 is 1.88 bits per heavy atom. The van der Waals surface area contributed by atoms with Gasteiger partial charge in [0.05, 0.1) is 12.3 Å². The van der Waals surface area contributed by atoms with Gasteiger partial charge >= 0.3 is 0 Å². The number of sulfonamides is 1. The second-order valence-electron chi connectivity index (χ2n) is 4.47. The standard InChI is InChI=1S/C9H18N4O2S/c1-9(11,7-10)8-12-3-5-13(6-4-12)16(2,14)15/h3-6,8,11H2,1-2H3. The van der Waals surface area contributed by atoms with Gasteiger partial charge in [-0.15, -0.1) is 0 Å². The third-order valence-corrected chi connectivity index (χ3v) is 3.91. The Morgan fingerprint density at radius 1 is 1.38 bits per heavy atom. The van der Waals surface area contributed by atoms with Crippen LogP contribution in [0, 0.1) is 11.3 Å². The summed E-state index contributed by atoms with van der Waals surface area (Å²) in [6.07, 6.45) is 1.21. The van der Waals surface area contributed by atoms with Crippen LogP contribution >= 0.6 is 0 Å². The van der Waals surface area contributed by atoms with Crippen LogP contribution in [0.2, 0.25) is 0 Å². The van der Waals surface area contributed by atoms with Crippen LogP contribution in [0.4, 0.5) is 0 Å². The first kappa shape index (κ1) is 13.4.